The van der Waals surface area contributed by atoms with Crippen molar-refractivity contribution in [1.82, 2.24) is 10.3 Å². The lowest BCUT2D eigenvalue weighted by Crippen LogP contribution is -2.32. The molecular weight excluding hydrogens is 313 g/mol. The molecule has 0 bridgehead atoms. The van der Waals surface area contributed by atoms with Crippen molar-refractivity contribution in [2.45, 2.75) is 39.3 Å². The van der Waals surface area contributed by atoms with Gasteiger partial charge in [0, 0.05) is 12.1 Å². The number of aromatic nitrogens is 1. The third-order valence-electron chi connectivity index (χ3n) is 1.96. The van der Waals surface area contributed by atoms with Gasteiger partial charge in [-0.1, -0.05) is 11.6 Å². The summed E-state index contributed by atoms with van der Waals surface area (Å²) in [5.74, 6) is -0.539. The fraction of sp³-hybridized carbons (Fsp3) is 0.500. The van der Waals surface area contributed by atoms with Gasteiger partial charge >= 0.3 is 12.5 Å². The highest BCUT2D eigenvalue weighted by Crippen LogP contribution is 2.27. The predicted octanol–water partition coefficient (Wildman–Crippen LogP) is 3.66. The molecule has 9 heteroatoms. The fourth-order valence-corrected chi connectivity index (χ4v) is 1.47. The topological polar surface area (TPSA) is 60.5 Å². The molecule has 0 fully saturated rings. The van der Waals surface area contributed by atoms with Crippen LogP contribution in [0.4, 0.5) is 18.0 Å². The van der Waals surface area contributed by atoms with Gasteiger partial charge in [-0.2, -0.15) is 0 Å². The van der Waals surface area contributed by atoms with Gasteiger partial charge in [0.2, 0.25) is 0 Å². The molecule has 1 heterocycles. The largest absolute Gasteiger partial charge is 0.573 e. The molecule has 1 aromatic heterocycles. The van der Waals surface area contributed by atoms with Crippen LogP contribution in [0.3, 0.4) is 0 Å². The molecule has 0 unspecified atom stereocenters. The zero-order valence-corrected chi connectivity index (χ0v) is 12.3. The molecule has 118 valence electrons. The van der Waals surface area contributed by atoms with E-state index in [1.165, 1.54) is 6.07 Å². The number of alkyl halides is 3. The minimum Gasteiger partial charge on any atom is -0.444 e. The highest BCUT2D eigenvalue weighted by Gasteiger charge is 2.32. The summed E-state index contributed by atoms with van der Waals surface area (Å²) in [6, 6.07) is 1.17. The van der Waals surface area contributed by atoms with E-state index in [0.29, 0.717) is 0 Å². The number of hydrogen-bond donors (Lipinski definition) is 1. The SMILES string of the molecule is CC(C)(C)OC(=O)NCc1cc(Cl)ncc1OC(F)(F)F. The van der Waals surface area contributed by atoms with Gasteiger partial charge in [0.1, 0.15) is 10.8 Å². The molecule has 1 aromatic rings. The maximum absolute atomic E-state index is 12.2. The number of pyridine rings is 1. The van der Waals surface area contributed by atoms with Crippen LogP contribution in [0.25, 0.3) is 0 Å². The lowest BCUT2D eigenvalue weighted by molar-refractivity contribution is -0.275. The average Bonchev–Trinajstić information content (AvgIpc) is 2.25. The lowest BCUT2D eigenvalue weighted by Gasteiger charge is -2.20. The summed E-state index contributed by atoms with van der Waals surface area (Å²) in [5, 5.41) is 2.29. The molecule has 0 aromatic carbocycles. The van der Waals surface area contributed by atoms with E-state index >= 15 is 0 Å². The van der Waals surface area contributed by atoms with Gasteiger partial charge in [-0.05, 0) is 26.8 Å². The van der Waals surface area contributed by atoms with E-state index in [9.17, 15) is 18.0 Å². The van der Waals surface area contributed by atoms with Crippen LogP contribution in [-0.2, 0) is 11.3 Å². The Morgan fingerprint density at radius 3 is 2.52 bits per heavy atom. The van der Waals surface area contributed by atoms with Crippen molar-refractivity contribution in [3.63, 3.8) is 0 Å². The van der Waals surface area contributed by atoms with Crippen LogP contribution < -0.4 is 10.1 Å². The van der Waals surface area contributed by atoms with Crippen LogP contribution in [0, 0.1) is 0 Å². The Labute approximate surface area is 124 Å². The molecule has 0 aliphatic heterocycles. The molecule has 0 saturated heterocycles. The highest BCUT2D eigenvalue weighted by molar-refractivity contribution is 6.29. The number of alkyl carbamates (subject to hydrolysis) is 1. The predicted molar refractivity (Wildman–Crippen MR) is 69.0 cm³/mol. The second kappa shape index (κ2) is 6.38. The standard InChI is InChI=1S/C12H14ClF3N2O3/c1-11(2,3)21-10(19)18-5-7-4-9(13)17-6-8(7)20-12(14,15)16/h4,6H,5H2,1-3H3,(H,18,19). The lowest BCUT2D eigenvalue weighted by atomic mass is 10.2. The first-order valence-corrected chi connectivity index (χ1v) is 6.21. The van der Waals surface area contributed by atoms with E-state index in [1.807, 2.05) is 0 Å². The Morgan fingerprint density at radius 1 is 1.38 bits per heavy atom. The number of nitrogens with zero attached hydrogens (tertiary/aromatic N) is 1. The first kappa shape index (κ1) is 17.4. The van der Waals surface area contributed by atoms with E-state index in [-0.39, 0.29) is 17.3 Å². The molecule has 0 aliphatic carbocycles. The summed E-state index contributed by atoms with van der Waals surface area (Å²) in [4.78, 5) is 15.0. The first-order valence-electron chi connectivity index (χ1n) is 5.83. The Kier molecular flexibility index (Phi) is 5.27. The summed E-state index contributed by atoms with van der Waals surface area (Å²) >= 11 is 5.62. The van der Waals surface area contributed by atoms with Crippen molar-refractivity contribution < 1.29 is 27.4 Å². The number of amides is 1. The van der Waals surface area contributed by atoms with E-state index in [4.69, 9.17) is 16.3 Å². The van der Waals surface area contributed by atoms with Crippen LogP contribution in [-0.4, -0.2) is 23.0 Å². The number of halogens is 4. The van der Waals surface area contributed by atoms with Gasteiger partial charge in [0.15, 0.2) is 5.75 Å². The highest BCUT2D eigenvalue weighted by atomic mass is 35.5. The molecule has 1 N–H and O–H groups in total. The van der Waals surface area contributed by atoms with Crippen LogP contribution in [0.15, 0.2) is 12.3 Å². The maximum atomic E-state index is 12.2. The third-order valence-corrected chi connectivity index (χ3v) is 2.17. The van der Waals surface area contributed by atoms with Crippen molar-refractivity contribution in [2.75, 3.05) is 0 Å². The van der Waals surface area contributed by atoms with Gasteiger partial charge in [0.25, 0.3) is 0 Å². The average molecular weight is 327 g/mol. The normalized spacial score (nSPS) is 12.0. The Morgan fingerprint density at radius 2 is 2.00 bits per heavy atom. The minimum atomic E-state index is -4.86. The smallest absolute Gasteiger partial charge is 0.444 e. The monoisotopic (exact) mass is 326 g/mol. The van der Waals surface area contributed by atoms with Crippen LogP contribution in [0.1, 0.15) is 26.3 Å². The second-order valence-corrected chi connectivity index (χ2v) is 5.41. The second-order valence-electron chi connectivity index (χ2n) is 5.02. The number of rotatable bonds is 3. The Hall–Kier alpha value is -1.70. The molecule has 0 radical (unpaired) electrons. The molecular formula is C12H14ClF3N2O3. The molecule has 0 spiro atoms. The maximum Gasteiger partial charge on any atom is 0.573 e. The van der Waals surface area contributed by atoms with Gasteiger partial charge < -0.3 is 14.8 Å². The van der Waals surface area contributed by atoms with Crippen molar-refractivity contribution in [1.29, 1.82) is 0 Å². The zero-order chi connectivity index (χ0) is 16.3. The van der Waals surface area contributed by atoms with Crippen molar-refractivity contribution in [3.05, 3.63) is 23.0 Å². The van der Waals surface area contributed by atoms with Gasteiger partial charge in [-0.3, -0.25) is 0 Å². The number of ether oxygens (including phenoxy) is 2. The van der Waals surface area contributed by atoms with Gasteiger partial charge in [-0.25, -0.2) is 9.78 Å². The number of carbonyl (C=O) groups is 1. The number of carbonyl (C=O) groups excluding carboxylic acids is 1. The summed E-state index contributed by atoms with van der Waals surface area (Å²) in [7, 11) is 0. The first-order chi connectivity index (χ1) is 9.46. The number of nitrogens with one attached hydrogen (secondary N) is 1. The van der Waals surface area contributed by atoms with Crippen LogP contribution in [0.2, 0.25) is 5.15 Å². The van der Waals surface area contributed by atoms with E-state index in [1.54, 1.807) is 20.8 Å². The molecule has 1 rings (SSSR count). The molecule has 0 atom stereocenters. The van der Waals surface area contributed by atoms with Crippen molar-refractivity contribution in [3.8, 4) is 5.75 Å². The molecule has 5 nitrogen and oxygen atoms in total. The Balaban J connectivity index is 2.78. The van der Waals surface area contributed by atoms with Crippen molar-refractivity contribution in [2.24, 2.45) is 0 Å². The fourth-order valence-electron chi connectivity index (χ4n) is 1.29. The summed E-state index contributed by atoms with van der Waals surface area (Å²) in [6.07, 6.45) is -4.80. The zero-order valence-electron chi connectivity index (χ0n) is 11.5. The van der Waals surface area contributed by atoms with E-state index in [0.717, 1.165) is 6.20 Å². The minimum absolute atomic E-state index is 0.0227. The van der Waals surface area contributed by atoms with Gasteiger partial charge in [-0.15, -0.1) is 13.2 Å². The quantitative estimate of drug-likeness (QED) is 0.861. The summed E-state index contributed by atoms with van der Waals surface area (Å²) in [5.41, 5.74) is -0.691. The molecule has 21 heavy (non-hydrogen) atoms. The van der Waals surface area contributed by atoms with E-state index in [2.05, 4.69) is 15.0 Å². The van der Waals surface area contributed by atoms with Gasteiger partial charge in [0.05, 0.1) is 6.20 Å². The van der Waals surface area contributed by atoms with Crippen molar-refractivity contribution >= 4 is 17.7 Å². The summed E-state index contributed by atoms with van der Waals surface area (Å²) < 4.78 is 45.5. The van der Waals surface area contributed by atoms with E-state index < -0.39 is 23.8 Å². The molecule has 0 aliphatic rings. The van der Waals surface area contributed by atoms with Crippen LogP contribution >= 0.6 is 11.6 Å². The third kappa shape index (κ3) is 7.03. The summed E-state index contributed by atoms with van der Waals surface area (Å²) in [6.45, 7) is 4.73. The number of hydrogen-bond acceptors (Lipinski definition) is 4. The molecule has 0 saturated carbocycles. The molecule has 1 amide bonds. The Bertz CT molecular complexity index is 515. The van der Waals surface area contributed by atoms with Crippen LogP contribution in [0.5, 0.6) is 5.75 Å².